The van der Waals surface area contributed by atoms with Gasteiger partial charge in [-0.25, -0.2) is 4.98 Å². The minimum absolute atomic E-state index is 0.0253. The van der Waals surface area contributed by atoms with E-state index in [1.54, 1.807) is 18.3 Å². The SMILES string of the molecule is O=C(N[C@@H](Cc1ccccc1)C(=O)N1CCCCC1)c1cc2cc(Cl)ncc2[nH]1. The molecule has 0 bridgehead atoms. The summed E-state index contributed by atoms with van der Waals surface area (Å²) in [6.45, 7) is 1.49. The average molecular weight is 411 g/mol. The summed E-state index contributed by atoms with van der Waals surface area (Å²) in [4.78, 5) is 35.0. The Morgan fingerprint density at radius 3 is 2.66 bits per heavy atom. The van der Waals surface area contributed by atoms with E-state index in [0.717, 1.165) is 48.8 Å². The predicted molar refractivity (Wildman–Crippen MR) is 113 cm³/mol. The molecular weight excluding hydrogens is 388 g/mol. The molecule has 1 aliphatic rings. The Hall–Kier alpha value is -2.86. The Balaban J connectivity index is 1.55. The third-order valence-corrected chi connectivity index (χ3v) is 5.48. The summed E-state index contributed by atoms with van der Waals surface area (Å²) in [6, 6.07) is 12.6. The number of amides is 2. The van der Waals surface area contributed by atoms with Gasteiger partial charge in [0.25, 0.3) is 5.91 Å². The number of carbonyl (C=O) groups is 2. The molecule has 1 saturated heterocycles. The van der Waals surface area contributed by atoms with Crippen molar-refractivity contribution in [2.24, 2.45) is 0 Å². The monoisotopic (exact) mass is 410 g/mol. The van der Waals surface area contributed by atoms with Gasteiger partial charge in [0.1, 0.15) is 16.9 Å². The summed E-state index contributed by atoms with van der Waals surface area (Å²) in [7, 11) is 0. The number of likely N-dealkylation sites (tertiary alicyclic amines) is 1. The quantitative estimate of drug-likeness (QED) is 0.631. The number of piperidine rings is 1. The van der Waals surface area contributed by atoms with Crippen LogP contribution in [0.5, 0.6) is 0 Å². The molecule has 1 aliphatic heterocycles. The van der Waals surface area contributed by atoms with E-state index in [1.807, 2.05) is 35.2 Å². The number of pyridine rings is 1. The normalized spacial score (nSPS) is 15.3. The fourth-order valence-corrected chi connectivity index (χ4v) is 3.91. The highest BCUT2D eigenvalue weighted by Crippen LogP contribution is 2.18. The summed E-state index contributed by atoms with van der Waals surface area (Å²) in [5, 5.41) is 4.11. The van der Waals surface area contributed by atoms with Gasteiger partial charge in [-0.3, -0.25) is 9.59 Å². The lowest BCUT2D eigenvalue weighted by molar-refractivity contribution is -0.134. The molecule has 6 nitrogen and oxygen atoms in total. The average Bonchev–Trinajstić information content (AvgIpc) is 3.17. The van der Waals surface area contributed by atoms with E-state index >= 15 is 0 Å². The summed E-state index contributed by atoms with van der Waals surface area (Å²) in [5.74, 6) is -0.341. The maximum atomic E-state index is 13.2. The van der Waals surface area contributed by atoms with Gasteiger partial charge in [0.05, 0.1) is 11.7 Å². The number of halogens is 1. The van der Waals surface area contributed by atoms with Gasteiger partial charge in [-0.1, -0.05) is 41.9 Å². The first kappa shape index (κ1) is 19.5. The van der Waals surface area contributed by atoms with Gasteiger partial charge in [-0.15, -0.1) is 0 Å². The number of hydrogen-bond acceptors (Lipinski definition) is 3. The van der Waals surface area contributed by atoms with Crippen LogP contribution in [0.3, 0.4) is 0 Å². The summed E-state index contributed by atoms with van der Waals surface area (Å²) < 4.78 is 0. The molecule has 29 heavy (non-hydrogen) atoms. The first-order valence-corrected chi connectivity index (χ1v) is 10.3. The smallest absolute Gasteiger partial charge is 0.268 e. The Morgan fingerprint density at radius 1 is 1.14 bits per heavy atom. The van der Waals surface area contributed by atoms with Gasteiger partial charge in [-0.2, -0.15) is 0 Å². The zero-order chi connectivity index (χ0) is 20.2. The first-order valence-electron chi connectivity index (χ1n) is 9.88. The lowest BCUT2D eigenvalue weighted by Crippen LogP contribution is -2.51. The lowest BCUT2D eigenvalue weighted by Gasteiger charge is -2.30. The molecule has 150 valence electrons. The van der Waals surface area contributed by atoms with Crippen molar-refractivity contribution in [2.45, 2.75) is 31.7 Å². The molecule has 0 saturated carbocycles. The molecule has 2 amide bonds. The zero-order valence-electron chi connectivity index (χ0n) is 16.0. The van der Waals surface area contributed by atoms with Crippen molar-refractivity contribution in [3.8, 4) is 0 Å². The largest absolute Gasteiger partial charge is 0.349 e. The van der Waals surface area contributed by atoms with Crippen LogP contribution in [0.25, 0.3) is 10.9 Å². The number of hydrogen-bond donors (Lipinski definition) is 2. The number of rotatable bonds is 5. The lowest BCUT2D eigenvalue weighted by atomic mass is 10.0. The molecule has 3 aromatic rings. The summed E-state index contributed by atoms with van der Waals surface area (Å²) in [5.41, 5.74) is 2.12. The minimum atomic E-state index is -0.615. The molecule has 1 aromatic carbocycles. The van der Waals surface area contributed by atoms with Gasteiger partial charge in [0.15, 0.2) is 0 Å². The molecule has 1 fully saturated rings. The van der Waals surface area contributed by atoms with Crippen molar-refractivity contribution < 1.29 is 9.59 Å². The van der Waals surface area contributed by atoms with Crippen molar-refractivity contribution in [3.05, 3.63) is 65.1 Å². The molecule has 0 spiro atoms. The molecule has 7 heteroatoms. The number of benzene rings is 1. The van der Waals surface area contributed by atoms with Crippen LogP contribution >= 0.6 is 11.6 Å². The van der Waals surface area contributed by atoms with Crippen LogP contribution in [-0.2, 0) is 11.2 Å². The van der Waals surface area contributed by atoms with Crippen molar-refractivity contribution in [3.63, 3.8) is 0 Å². The Kier molecular flexibility index (Phi) is 5.81. The van der Waals surface area contributed by atoms with Crippen LogP contribution in [0.1, 0.15) is 35.3 Å². The molecule has 3 heterocycles. The Morgan fingerprint density at radius 2 is 1.90 bits per heavy atom. The summed E-state index contributed by atoms with van der Waals surface area (Å²) >= 11 is 5.93. The highest BCUT2D eigenvalue weighted by molar-refractivity contribution is 6.30. The van der Waals surface area contributed by atoms with Crippen LogP contribution < -0.4 is 5.32 Å². The standard InChI is InChI=1S/C22H23ClN4O2/c23-20-13-16-12-17(25-19(16)14-24-20)21(28)26-18(11-15-7-3-1-4-8-15)22(29)27-9-5-2-6-10-27/h1,3-4,7-8,12-14,18,25H,2,5-6,9-11H2,(H,26,28)/t18-/m0/s1. The van der Waals surface area contributed by atoms with Gasteiger partial charge >= 0.3 is 0 Å². The van der Waals surface area contributed by atoms with E-state index in [-0.39, 0.29) is 11.8 Å². The van der Waals surface area contributed by atoms with E-state index in [1.165, 1.54) is 0 Å². The van der Waals surface area contributed by atoms with Crippen LogP contribution in [-0.4, -0.2) is 45.8 Å². The van der Waals surface area contributed by atoms with Gasteiger partial charge in [-0.05, 0) is 37.0 Å². The number of nitrogens with zero attached hydrogens (tertiary/aromatic N) is 2. The number of carbonyl (C=O) groups excluding carboxylic acids is 2. The number of aromatic nitrogens is 2. The summed E-state index contributed by atoms with van der Waals surface area (Å²) in [6.07, 6.45) is 5.20. The fraction of sp³-hybridized carbons (Fsp3) is 0.318. The minimum Gasteiger partial charge on any atom is -0.349 e. The maximum Gasteiger partial charge on any atom is 0.268 e. The molecule has 0 aliphatic carbocycles. The second kappa shape index (κ2) is 8.66. The van der Waals surface area contributed by atoms with Crippen LogP contribution in [0, 0.1) is 0 Å². The predicted octanol–water partition coefficient (Wildman–Crippen LogP) is 3.57. The second-order valence-electron chi connectivity index (χ2n) is 7.38. The molecule has 2 N–H and O–H groups in total. The number of fused-ring (bicyclic) bond motifs is 1. The van der Waals surface area contributed by atoms with E-state index in [9.17, 15) is 9.59 Å². The van der Waals surface area contributed by atoms with Gasteiger partial charge < -0.3 is 15.2 Å². The molecule has 4 rings (SSSR count). The van der Waals surface area contributed by atoms with E-state index in [0.29, 0.717) is 17.3 Å². The molecule has 0 unspecified atom stereocenters. The van der Waals surface area contributed by atoms with Crippen LogP contribution in [0.15, 0.2) is 48.7 Å². The topological polar surface area (TPSA) is 78.1 Å². The zero-order valence-corrected chi connectivity index (χ0v) is 16.8. The Labute approximate surface area is 174 Å². The van der Waals surface area contributed by atoms with Gasteiger partial charge in [0, 0.05) is 24.9 Å². The van der Waals surface area contributed by atoms with E-state index in [2.05, 4.69) is 15.3 Å². The van der Waals surface area contributed by atoms with Crippen LogP contribution in [0.4, 0.5) is 0 Å². The highest BCUT2D eigenvalue weighted by Gasteiger charge is 2.28. The Bertz CT molecular complexity index is 1010. The van der Waals surface area contributed by atoms with Gasteiger partial charge in [0.2, 0.25) is 5.91 Å². The van der Waals surface area contributed by atoms with E-state index < -0.39 is 6.04 Å². The van der Waals surface area contributed by atoms with Crippen molar-refractivity contribution in [1.29, 1.82) is 0 Å². The van der Waals surface area contributed by atoms with Crippen molar-refractivity contribution >= 4 is 34.3 Å². The highest BCUT2D eigenvalue weighted by atomic mass is 35.5. The third kappa shape index (κ3) is 4.59. The molecule has 1 atom stereocenters. The van der Waals surface area contributed by atoms with Crippen LogP contribution in [0.2, 0.25) is 5.15 Å². The second-order valence-corrected chi connectivity index (χ2v) is 7.77. The third-order valence-electron chi connectivity index (χ3n) is 5.27. The van der Waals surface area contributed by atoms with Crippen molar-refractivity contribution in [2.75, 3.05) is 13.1 Å². The maximum absolute atomic E-state index is 13.2. The number of H-pyrrole nitrogens is 1. The molecular formula is C22H23ClN4O2. The molecule has 0 radical (unpaired) electrons. The number of nitrogens with one attached hydrogen (secondary N) is 2. The molecule has 2 aromatic heterocycles. The van der Waals surface area contributed by atoms with E-state index in [4.69, 9.17) is 11.6 Å². The first-order chi connectivity index (χ1) is 14.1. The van der Waals surface area contributed by atoms with Crippen molar-refractivity contribution in [1.82, 2.24) is 20.2 Å². The fourth-order valence-electron chi connectivity index (χ4n) is 3.75. The number of aromatic amines is 1.